The molecule has 20 heavy (non-hydrogen) atoms. The number of ether oxygens (including phenoxy) is 1. The van der Waals surface area contributed by atoms with Crippen LogP contribution >= 0.6 is 0 Å². The monoisotopic (exact) mass is 278 g/mol. The second-order valence-corrected chi connectivity index (χ2v) is 4.35. The summed E-state index contributed by atoms with van der Waals surface area (Å²) >= 11 is 0. The maximum absolute atomic E-state index is 13.3. The number of rotatable bonds is 4. The molecule has 1 amide bonds. The molecular formula is C13H15FN4O2. The lowest BCUT2D eigenvalue weighted by molar-refractivity contribution is 0.0781. The van der Waals surface area contributed by atoms with Crippen molar-refractivity contribution >= 4 is 5.91 Å². The first kappa shape index (κ1) is 14.0. The second-order valence-electron chi connectivity index (χ2n) is 4.35. The summed E-state index contributed by atoms with van der Waals surface area (Å²) in [6.45, 7) is 2.05. The topological polar surface area (TPSA) is 71.1 Å². The molecule has 106 valence electrons. The van der Waals surface area contributed by atoms with E-state index in [9.17, 15) is 9.18 Å². The molecule has 1 heterocycles. The van der Waals surface area contributed by atoms with Crippen molar-refractivity contribution in [1.29, 1.82) is 0 Å². The molecule has 0 spiro atoms. The van der Waals surface area contributed by atoms with E-state index < -0.39 is 5.82 Å². The van der Waals surface area contributed by atoms with E-state index in [0.717, 1.165) is 0 Å². The SMILES string of the molecule is COc1cc(C(=O)N(C)Cc2n[nH]c(C)n2)ccc1F. The van der Waals surface area contributed by atoms with Crippen molar-refractivity contribution < 1.29 is 13.9 Å². The van der Waals surface area contributed by atoms with Gasteiger partial charge in [0.15, 0.2) is 17.4 Å². The molecule has 1 aromatic heterocycles. The van der Waals surface area contributed by atoms with Crippen LogP contribution in [0, 0.1) is 12.7 Å². The predicted octanol–water partition coefficient (Wildman–Crippen LogP) is 1.53. The molecule has 0 saturated carbocycles. The van der Waals surface area contributed by atoms with E-state index in [1.807, 2.05) is 0 Å². The molecule has 2 rings (SSSR count). The molecule has 0 radical (unpaired) electrons. The number of amides is 1. The van der Waals surface area contributed by atoms with Crippen LogP contribution in [0.25, 0.3) is 0 Å². The molecule has 6 nitrogen and oxygen atoms in total. The molecule has 0 bridgehead atoms. The minimum atomic E-state index is -0.503. The number of aryl methyl sites for hydroxylation is 1. The van der Waals surface area contributed by atoms with Gasteiger partial charge >= 0.3 is 0 Å². The highest BCUT2D eigenvalue weighted by Gasteiger charge is 2.16. The van der Waals surface area contributed by atoms with Gasteiger partial charge in [-0.05, 0) is 25.1 Å². The van der Waals surface area contributed by atoms with Crippen LogP contribution in [0.3, 0.4) is 0 Å². The lowest BCUT2D eigenvalue weighted by Gasteiger charge is -2.15. The molecule has 0 aliphatic rings. The van der Waals surface area contributed by atoms with Crippen LogP contribution < -0.4 is 4.74 Å². The van der Waals surface area contributed by atoms with Gasteiger partial charge in [-0.1, -0.05) is 0 Å². The van der Waals surface area contributed by atoms with Crippen LogP contribution in [0.15, 0.2) is 18.2 Å². The Balaban J connectivity index is 2.14. The molecule has 0 saturated heterocycles. The number of methoxy groups -OCH3 is 1. The van der Waals surface area contributed by atoms with Crippen molar-refractivity contribution in [2.75, 3.05) is 14.2 Å². The van der Waals surface area contributed by atoms with Crippen LogP contribution in [-0.2, 0) is 6.54 Å². The number of hydrogen-bond donors (Lipinski definition) is 1. The van der Waals surface area contributed by atoms with Gasteiger partial charge in [0.25, 0.3) is 5.91 Å². The number of carbonyl (C=O) groups excluding carboxylic acids is 1. The van der Waals surface area contributed by atoms with Gasteiger partial charge in [-0.3, -0.25) is 9.89 Å². The lowest BCUT2D eigenvalue weighted by Crippen LogP contribution is -2.26. The highest BCUT2D eigenvalue weighted by molar-refractivity contribution is 5.94. The first-order valence-corrected chi connectivity index (χ1v) is 5.98. The van der Waals surface area contributed by atoms with Crippen molar-refractivity contribution in [3.8, 4) is 5.75 Å². The van der Waals surface area contributed by atoms with Gasteiger partial charge in [-0.25, -0.2) is 9.37 Å². The number of benzene rings is 1. The quantitative estimate of drug-likeness (QED) is 0.920. The van der Waals surface area contributed by atoms with Crippen molar-refractivity contribution in [1.82, 2.24) is 20.1 Å². The fourth-order valence-electron chi connectivity index (χ4n) is 1.76. The number of carbonyl (C=O) groups is 1. The zero-order valence-electron chi connectivity index (χ0n) is 11.5. The standard InChI is InChI=1S/C13H15FN4O2/c1-8-15-12(17-16-8)7-18(2)13(19)9-4-5-10(14)11(6-9)20-3/h4-6H,7H2,1-3H3,(H,15,16,17). The first-order chi connectivity index (χ1) is 9.51. The Kier molecular flexibility index (Phi) is 3.97. The van der Waals surface area contributed by atoms with E-state index in [-0.39, 0.29) is 18.2 Å². The molecule has 2 aromatic rings. The summed E-state index contributed by atoms with van der Waals surface area (Å²) < 4.78 is 18.2. The molecule has 0 fully saturated rings. The molecule has 0 atom stereocenters. The summed E-state index contributed by atoms with van der Waals surface area (Å²) in [7, 11) is 2.98. The van der Waals surface area contributed by atoms with E-state index in [1.165, 1.54) is 30.2 Å². The highest BCUT2D eigenvalue weighted by Crippen LogP contribution is 2.19. The van der Waals surface area contributed by atoms with Gasteiger partial charge in [-0.2, -0.15) is 5.10 Å². The number of nitrogens with zero attached hydrogens (tertiary/aromatic N) is 3. The first-order valence-electron chi connectivity index (χ1n) is 5.98. The Bertz CT molecular complexity index is 627. The van der Waals surface area contributed by atoms with Gasteiger partial charge in [0, 0.05) is 12.6 Å². The van der Waals surface area contributed by atoms with Gasteiger partial charge in [0.2, 0.25) is 0 Å². The second kappa shape index (κ2) is 5.68. The van der Waals surface area contributed by atoms with Crippen LogP contribution in [0.2, 0.25) is 0 Å². The van der Waals surface area contributed by atoms with Gasteiger partial charge in [-0.15, -0.1) is 0 Å². The van der Waals surface area contributed by atoms with Crippen molar-refractivity contribution in [3.05, 3.63) is 41.2 Å². The maximum atomic E-state index is 13.3. The Morgan fingerprint density at radius 1 is 1.50 bits per heavy atom. The zero-order chi connectivity index (χ0) is 14.7. The fraction of sp³-hybridized carbons (Fsp3) is 0.308. The van der Waals surface area contributed by atoms with Gasteiger partial charge in [0.1, 0.15) is 5.82 Å². The molecule has 0 aliphatic carbocycles. The Morgan fingerprint density at radius 2 is 2.25 bits per heavy atom. The number of halogens is 1. The number of aromatic amines is 1. The molecular weight excluding hydrogens is 263 g/mol. The van der Waals surface area contributed by atoms with Crippen molar-refractivity contribution in [2.24, 2.45) is 0 Å². The summed E-state index contributed by atoms with van der Waals surface area (Å²) in [5, 5.41) is 6.67. The van der Waals surface area contributed by atoms with Crippen molar-refractivity contribution in [3.63, 3.8) is 0 Å². The summed E-state index contributed by atoms with van der Waals surface area (Å²) in [5.74, 6) is 0.483. The maximum Gasteiger partial charge on any atom is 0.254 e. The summed E-state index contributed by atoms with van der Waals surface area (Å²) in [4.78, 5) is 17.8. The third-order valence-electron chi connectivity index (χ3n) is 2.77. The molecule has 0 aliphatic heterocycles. The Morgan fingerprint density at radius 3 is 2.85 bits per heavy atom. The summed E-state index contributed by atoms with van der Waals surface area (Å²) in [6.07, 6.45) is 0. The average molecular weight is 278 g/mol. The number of H-pyrrole nitrogens is 1. The largest absolute Gasteiger partial charge is 0.494 e. The number of hydrogen-bond acceptors (Lipinski definition) is 4. The zero-order valence-corrected chi connectivity index (χ0v) is 11.5. The average Bonchev–Trinajstić information content (AvgIpc) is 2.83. The van der Waals surface area contributed by atoms with Crippen LogP contribution in [-0.4, -0.2) is 40.1 Å². The van der Waals surface area contributed by atoms with Crippen LogP contribution in [0.4, 0.5) is 4.39 Å². The minimum Gasteiger partial charge on any atom is -0.494 e. The fourth-order valence-corrected chi connectivity index (χ4v) is 1.76. The van der Waals surface area contributed by atoms with E-state index in [0.29, 0.717) is 17.2 Å². The van der Waals surface area contributed by atoms with E-state index in [2.05, 4.69) is 15.2 Å². The molecule has 1 N–H and O–H groups in total. The van der Waals surface area contributed by atoms with Crippen LogP contribution in [0.5, 0.6) is 5.75 Å². The Labute approximate surface area is 115 Å². The molecule has 7 heteroatoms. The predicted molar refractivity (Wildman–Crippen MR) is 69.9 cm³/mol. The van der Waals surface area contributed by atoms with Crippen LogP contribution in [0.1, 0.15) is 22.0 Å². The highest BCUT2D eigenvalue weighted by atomic mass is 19.1. The third kappa shape index (κ3) is 2.93. The normalized spacial score (nSPS) is 10.4. The summed E-state index contributed by atoms with van der Waals surface area (Å²) in [6, 6.07) is 3.99. The van der Waals surface area contributed by atoms with E-state index in [1.54, 1.807) is 14.0 Å². The van der Waals surface area contributed by atoms with Gasteiger partial charge in [0.05, 0.1) is 13.7 Å². The lowest BCUT2D eigenvalue weighted by atomic mass is 10.2. The van der Waals surface area contributed by atoms with Gasteiger partial charge < -0.3 is 9.64 Å². The third-order valence-corrected chi connectivity index (χ3v) is 2.77. The minimum absolute atomic E-state index is 0.0398. The number of aromatic nitrogens is 3. The number of nitrogens with one attached hydrogen (secondary N) is 1. The van der Waals surface area contributed by atoms with E-state index >= 15 is 0 Å². The van der Waals surface area contributed by atoms with Crippen molar-refractivity contribution in [2.45, 2.75) is 13.5 Å². The molecule has 1 aromatic carbocycles. The summed E-state index contributed by atoms with van der Waals surface area (Å²) in [5.41, 5.74) is 0.345. The Hall–Kier alpha value is -2.44. The molecule has 0 unspecified atom stereocenters. The van der Waals surface area contributed by atoms with E-state index in [4.69, 9.17) is 4.74 Å². The smallest absolute Gasteiger partial charge is 0.254 e.